The molecule has 9 rings (SSSR count). The van der Waals surface area contributed by atoms with Crippen molar-refractivity contribution < 1.29 is 106 Å². The van der Waals surface area contributed by atoms with Crippen molar-refractivity contribution in [2.75, 3.05) is 112 Å². The zero-order valence-electron chi connectivity index (χ0n) is 75.5. The number of hydrogen-bond donors (Lipinski definition) is 10. The van der Waals surface area contributed by atoms with Gasteiger partial charge < -0.3 is 110 Å². The summed E-state index contributed by atoms with van der Waals surface area (Å²) in [6.07, 6.45) is 13.8. The molecule has 4 amide bonds. The second kappa shape index (κ2) is 50.5. The molecule has 12 N–H and O–H groups in total. The highest BCUT2D eigenvalue weighted by Crippen LogP contribution is 2.40. The minimum atomic E-state index is -2.51. The standard InChI is InChI=1S/C90H135N15O22/c1-56-19-13-12-14-20-57(2)73(117-10)51-66-25-22-61(6)90(116,126-66)83(112)86(113)103-33-17-15-21-72(103)87(114)125-74(52-69(101-127-89(7,8)9)58(3)46-60(5)81(110)82(111)80(109)59(4)45-56)67(91)47-62-23-27-71(75(48-62)118-11)105-53-64(99-102-105)54-124-88(115)95-32-38-122-42-44-123-43-40-120-36-29-77(108)94-31-37-121-41-39-119-35-28-76(107)93-30-16-18-34-104-85-78(84(92)96-55-97-85)79(100-104)70-50-63-49-65(106)24-26-68(63)98-70/h12-14,19-20,24,26,46,49-50,53,55-56,58-59,61-62,66-67,71-75,81-82,98,106,110-111,116H,15-18,21-23,25,27-45,47-48,51-52,54,91H2,1-11H3,(H,93,107)(H,94,108)(H,95,115)(H2,92,96,97)/b14-12+,19-13+,57-20+,60-46+,101-69-/t56-,58-,59-,61-,62+,66+,67-,71+,72+,73+,74+,75-,81-,82+,90-/m1/s1. The Hall–Kier alpha value is -9.51. The number of phenolic OH excluding ortho intramolecular Hbond substituents is 1. The van der Waals surface area contributed by atoms with Crippen molar-refractivity contribution in [2.24, 2.45) is 40.5 Å². The number of carbonyl (C=O) groups excluding carboxylic acids is 7. The first-order valence-electron chi connectivity index (χ1n) is 44.5. The molecule has 0 spiro atoms. The highest BCUT2D eigenvalue weighted by Gasteiger charge is 2.53. The molecule has 127 heavy (non-hydrogen) atoms. The molecule has 2 saturated heterocycles. The number of aromatic hydroxyl groups is 1. The summed E-state index contributed by atoms with van der Waals surface area (Å²) in [5.41, 5.74) is 17.4. The van der Waals surface area contributed by atoms with Crippen LogP contribution in [0.2, 0.25) is 0 Å². The van der Waals surface area contributed by atoms with Crippen molar-refractivity contribution >= 4 is 74.8 Å². The number of aromatic nitrogens is 8. The van der Waals surface area contributed by atoms with Crippen LogP contribution in [0.1, 0.15) is 177 Å². The maximum absolute atomic E-state index is 15.1. The monoisotopic (exact) mass is 1780 g/mol. The van der Waals surface area contributed by atoms with Gasteiger partial charge in [0.15, 0.2) is 11.4 Å². The topological polar surface area (TPSA) is 496 Å². The Balaban J connectivity index is 0.657. The van der Waals surface area contributed by atoms with E-state index in [0.29, 0.717) is 131 Å². The van der Waals surface area contributed by atoms with Crippen LogP contribution in [0.5, 0.6) is 5.75 Å². The highest BCUT2D eigenvalue weighted by molar-refractivity contribution is 6.39. The molecule has 702 valence electrons. The number of anilines is 1. The number of allylic oxidation sites excluding steroid dienone is 6. The van der Waals surface area contributed by atoms with Gasteiger partial charge in [-0.3, -0.25) is 24.0 Å². The summed E-state index contributed by atoms with van der Waals surface area (Å²) in [5.74, 6) is -8.19. The van der Waals surface area contributed by atoms with Gasteiger partial charge in [0, 0.05) is 107 Å². The van der Waals surface area contributed by atoms with E-state index in [1.54, 1.807) is 81.8 Å². The van der Waals surface area contributed by atoms with Crippen LogP contribution in [0.25, 0.3) is 33.3 Å². The van der Waals surface area contributed by atoms with Gasteiger partial charge in [-0.25, -0.2) is 28.9 Å². The summed E-state index contributed by atoms with van der Waals surface area (Å²) in [6.45, 7) is 20.0. The Kier molecular flexibility index (Phi) is 40.2. The number of ketones is 2. The first-order valence-corrected chi connectivity index (χ1v) is 44.5. The van der Waals surface area contributed by atoms with Crippen LogP contribution < -0.4 is 27.4 Å². The van der Waals surface area contributed by atoms with Crippen LogP contribution in [0.15, 0.2) is 89.5 Å². The normalized spacial score (nSPS) is 26.8. The van der Waals surface area contributed by atoms with Crippen molar-refractivity contribution in [3.8, 4) is 17.1 Å². The SMILES string of the molecule is CO[C@H]1C[C@@H]2CC[C@@H](C)[C@@](O)(O2)C(=O)C(=O)N2CCCC[C@H]2C(=O)O[C@H]([C@H](N)C[C@@H]2CC[C@H](n3cc(COC(=O)NCCOCCOCCOCCC(=O)NCCOCCOCCC(=O)NCCCCn4nc(-c5cc6cc(O)ccc6[nH]5)c5c(N)ncnc54)nn3)[C@H](OC)C2)C/C(=N/OC(C)(C)C)[C@H](C)/C=C(\C)[C@@H](O)[C@@H](O)C(=O)[C@H](C)C[C@H](C)/C=C/C=C/C=C/1C. The van der Waals surface area contributed by atoms with E-state index in [0.717, 1.165) is 28.6 Å². The zero-order valence-corrected chi connectivity index (χ0v) is 75.5. The summed E-state index contributed by atoms with van der Waals surface area (Å²) in [5, 5.41) is 73.2. The number of nitrogens with two attached hydrogens (primary N) is 2. The Morgan fingerprint density at radius 1 is 0.780 bits per heavy atom. The van der Waals surface area contributed by atoms with Gasteiger partial charge in [-0.05, 0) is 159 Å². The number of cyclic esters (lactones) is 1. The quantitative estimate of drug-likeness (QED) is 0.00604. The van der Waals surface area contributed by atoms with Gasteiger partial charge in [0.1, 0.15) is 65.8 Å². The number of benzene rings is 1. The van der Waals surface area contributed by atoms with E-state index in [2.05, 4.69) is 46.4 Å². The minimum Gasteiger partial charge on any atom is -0.508 e. The number of methoxy groups -OCH3 is 2. The van der Waals surface area contributed by atoms with Crippen LogP contribution in [0.3, 0.4) is 0 Å². The van der Waals surface area contributed by atoms with Crippen LogP contribution in [0.4, 0.5) is 10.6 Å². The number of ether oxygens (including phenoxy) is 10. The van der Waals surface area contributed by atoms with Gasteiger partial charge in [-0.15, -0.1) is 5.10 Å². The summed E-state index contributed by atoms with van der Waals surface area (Å²) in [7, 11) is 3.16. The Bertz CT molecular complexity index is 4540. The second-order valence-corrected chi connectivity index (χ2v) is 34.5. The summed E-state index contributed by atoms with van der Waals surface area (Å²) in [6, 6.07) is 4.56. The van der Waals surface area contributed by atoms with Crippen LogP contribution >= 0.6 is 0 Å². The Labute approximate surface area is 742 Å². The van der Waals surface area contributed by atoms with E-state index >= 15 is 4.79 Å². The van der Waals surface area contributed by atoms with E-state index in [4.69, 9.17) is 68.8 Å². The number of rotatable bonds is 36. The molecule has 7 heterocycles. The number of carbonyl (C=O) groups is 7. The first kappa shape index (κ1) is 101. The van der Waals surface area contributed by atoms with E-state index < -0.39 is 107 Å². The summed E-state index contributed by atoms with van der Waals surface area (Å²) in [4.78, 5) is 115. The molecule has 5 aromatic rings. The van der Waals surface area contributed by atoms with E-state index in [1.807, 2.05) is 71.1 Å². The molecule has 1 saturated carbocycles. The van der Waals surface area contributed by atoms with Gasteiger partial charge in [0.2, 0.25) is 17.6 Å². The number of amides is 4. The lowest BCUT2D eigenvalue weighted by Crippen LogP contribution is -2.61. The van der Waals surface area contributed by atoms with Crippen molar-refractivity contribution in [3.05, 3.63) is 90.1 Å². The van der Waals surface area contributed by atoms with E-state index in [-0.39, 0.29) is 146 Å². The maximum Gasteiger partial charge on any atom is 0.407 e. The lowest BCUT2D eigenvalue weighted by atomic mass is 9.79. The molecule has 1 aliphatic carbocycles. The van der Waals surface area contributed by atoms with Gasteiger partial charge in [0.05, 0.1) is 113 Å². The second-order valence-electron chi connectivity index (χ2n) is 34.5. The predicted molar refractivity (Wildman–Crippen MR) is 471 cm³/mol. The molecular formula is C90H135N15O22. The molecular weight excluding hydrogens is 1640 g/mol. The number of oxime groups is 1. The Morgan fingerprint density at radius 2 is 1.47 bits per heavy atom. The van der Waals surface area contributed by atoms with Crippen molar-refractivity contribution in [1.82, 2.24) is 60.6 Å². The fourth-order valence-corrected chi connectivity index (χ4v) is 16.1. The van der Waals surface area contributed by atoms with Crippen LogP contribution in [-0.4, -0.2) is 279 Å². The van der Waals surface area contributed by atoms with E-state index in [1.165, 1.54) is 11.2 Å². The smallest absolute Gasteiger partial charge is 0.407 e. The molecule has 0 radical (unpaired) electrons. The van der Waals surface area contributed by atoms with E-state index in [9.17, 15) is 49.2 Å². The number of nitrogens with one attached hydrogen (secondary N) is 4. The Morgan fingerprint density at radius 3 is 2.17 bits per heavy atom. The number of aliphatic hydroxyl groups is 3. The number of aliphatic hydroxyl groups excluding tert-OH is 2. The lowest BCUT2D eigenvalue weighted by Gasteiger charge is -2.42. The molecule has 4 aromatic heterocycles. The van der Waals surface area contributed by atoms with Crippen LogP contribution in [-0.2, 0) is 94.1 Å². The number of nitrogen functional groups attached to an aromatic ring is 1. The fraction of sp³-hybridized carbons (Fsp3) is 0.656. The number of aromatic amines is 1. The number of fused-ring (bicyclic) bond motifs is 5. The molecule has 2 bridgehead atoms. The third-order valence-electron chi connectivity index (χ3n) is 23.4. The van der Waals surface area contributed by atoms with Gasteiger partial charge in [-0.1, -0.05) is 74.5 Å². The minimum absolute atomic E-state index is 0.0183. The third-order valence-corrected chi connectivity index (χ3v) is 23.4. The van der Waals surface area contributed by atoms with Crippen molar-refractivity contribution in [2.45, 2.75) is 244 Å². The number of hydrogen-bond acceptors (Lipinski definition) is 30. The molecule has 37 heteroatoms. The highest BCUT2D eigenvalue weighted by atomic mass is 16.7. The summed E-state index contributed by atoms with van der Waals surface area (Å²) < 4.78 is 61.6. The number of esters is 1. The number of nitrogens with zero attached hydrogens (tertiary/aromatic N) is 9. The molecule has 3 fully saturated rings. The number of Topliss-reactive ketones (excluding diaryl/α,β-unsaturated/α-hetero) is 2. The number of aryl methyl sites for hydroxylation is 1. The molecule has 4 aliphatic rings. The number of unbranched alkanes of at least 4 members (excludes halogenated alkanes) is 1. The zero-order chi connectivity index (χ0) is 91.7. The first-order chi connectivity index (χ1) is 60.8. The average Bonchev–Trinajstić information content (AvgIpc) is 1.50. The van der Waals surface area contributed by atoms with Gasteiger partial charge >= 0.3 is 12.1 Å². The average molecular weight is 1780 g/mol. The van der Waals surface area contributed by atoms with Gasteiger partial charge in [-0.2, -0.15) is 5.10 Å². The maximum atomic E-state index is 15.1. The van der Waals surface area contributed by atoms with Gasteiger partial charge in [0.25, 0.3) is 11.7 Å². The van der Waals surface area contributed by atoms with Crippen molar-refractivity contribution in [3.63, 3.8) is 0 Å². The molecule has 15 atom stereocenters. The van der Waals surface area contributed by atoms with Crippen molar-refractivity contribution in [1.29, 1.82) is 0 Å². The molecule has 37 nitrogen and oxygen atoms in total. The number of phenols is 1. The van der Waals surface area contributed by atoms with Crippen LogP contribution in [0, 0.1) is 29.6 Å². The lowest BCUT2D eigenvalue weighted by molar-refractivity contribution is -0.265. The fourth-order valence-electron chi connectivity index (χ4n) is 16.1. The number of alkyl carbamates (subject to hydrolysis) is 1. The third kappa shape index (κ3) is 30.8. The number of piperidine rings is 1. The molecule has 3 aliphatic heterocycles. The number of H-pyrrole nitrogens is 1. The summed E-state index contributed by atoms with van der Waals surface area (Å²) >= 11 is 0. The predicted octanol–water partition coefficient (Wildman–Crippen LogP) is 7.67. The molecule has 0 unspecified atom stereocenters. The molecule has 1 aromatic carbocycles. The largest absolute Gasteiger partial charge is 0.508 e.